The smallest absolute Gasteiger partial charge is 0.225 e. The van der Waals surface area contributed by atoms with Gasteiger partial charge in [0.2, 0.25) is 5.95 Å². The van der Waals surface area contributed by atoms with Crippen LogP contribution in [-0.4, -0.2) is 46.4 Å². The maximum atomic E-state index is 9.25. The predicted octanol–water partition coefficient (Wildman–Crippen LogP) is 0.605. The van der Waals surface area contributed by atoms with Crippen LogP contribution in [0.5, 0.6) is 0 Å². The number of nitrogens with zero attached hydrogens (tertiary/aromatic N) is 4. The van der Waals surface area contributed by atoms with Crippen LogP contribution in [0.4, 0.5) is 5.95 Å². The van der Waals surface area contributed by atoms with E-state index in [1.54, 1.807) is 0 Å². The third-order valence-electron chi connectivity index (χ3n) is 2.51. The summed E-state index contributed by atoms with van der Waals surface area (Å²) in [7, 11) is 0. The second-order valence-corrected chi connectivity index (χ2v) is 3.89. The van der Waals surface area contributed by atoms with E-state index < -0.39 is 0 Å². The summed E-state index contributed by atoms with van der Waals surface area (Å²) >= 11 is 0. The largest absolute Gasteiger partial charge is 0.338 e. The van der Waals surface area contributed by atoms with Crippen LogP contribution in [0.15, 0.2) is 6.07 Å². The van der Waals surface area contributed by atoms with Crippen LogP contribution in [0.3, 0.4) is 0 Å². The Hall–Kier alpha value is -1.20. The van der Waals surface area contributed by atoms with Crippen LogP contribution >= 0.6 is 0 Å². The van der Waals surface area contributed by atoms with Gasteiger partial charge in [-0.2, -0.15) is 5.06 Å². The van der Waals surface area contributed by atoms with Crippen molar-refractivity contribution >= 4 is 5.95 Å². The van der Waals surface area contributed by atoms with Crippen molar-refractivity contribution in [2.75, 3.05) is 31.1 Å². The monoisotopic (exact) mass is 208 g/mol. The topological polar surface area (TPSA) is 52.5 Å². The van der Waals surface area contributed by atoms with Crippen LogP contribution in [0.25, 0.3) is 0 Å². The van der Waals surface area contributed by atoms with E-state index in [0.29, 0.717) is 13.1 Å². The SMILES string of the molecule is Cc1cc(C)nc(N2CCN(O)CC2)n1. The lowest BCUT2D eigenvalue weighted by atomic mass is 10.3. The Bertz CT molecular complexity index is 327. The number of piperazine rings is 1. The van der Waals surface area contributed by atoms with Crippen molar-refractivity contribution in [3.63, 3.8) is 0 Å². The molecule has 1 saturated heterocycles. The van der Waals surface area contributed by atoms with E-state index in [1.165, 1.54) is 5.06 Å². The first-order valence-electron chi connectivity index (χ1n) is 5.16. The predicted molar refractivity (Wildman–Crippen MR) is 57.1 cm³/mol. The van der Waals surface area contributed by atoms with Gasteiger partial charge >= 0.3 is 0 Å². The lowest BCUT2D eigenvalue weighted by Gasteiger charge is -2.31. The number of hydrogen-bond donors (Lipinski definition) is 1. The molecule has 0 unspecified atom stereocenters. The maximum absolute atomic E-state index is 9.25. The van der Waals surface area contributed by atoms with Crippen LogP contribution in [0.2, 0.25) is 0 Å². The molecule has 1 N–H and O–H groups in total. The first-order chi connectivity index (χ1) is 7.15. The van der Waals surface area contributed by atoms with E-state index in [0.717, 1.165) is 30.4 Å². The summed E-state index contributed by atoms with van der Waals surface area (Å²) in [5, 5.41) is 10.6. The van der Waals surface area contributed by atoms with E-state index >= 15 is 0 Å². The molecule has 2 heterocycles. The Morgan fingerprint density at radius 2 is 1.60 bits per heavy atom. The molecule has 15 heavy (non-hydrogen) atoms. The summed E-state index contributed by atoms with van der Waals surface area (Å²) in [4.78, 5) is 10.9. The summed E-state index contributed by atoms with van der Waals surface area (Å²) in [6.07, 6.45) is 0. The van der Waals surface area contributed by atoms with Gasteiger partial charge in [0.25, 0.3) is 0 Å². The average Bonchev–Trinajstić information content (AvgIpc) is 2.17. The maximum Gasteiger partial charge on any atom is 0.225 e. The summed E-state index contributed by atoms with van der Waals surface area (Å²) < 4.78 is 0. The van der Waals surface area contributed by atoms with Crippen LogP contribution < -0.4 is 4.90 Å². The molecule has 0 saturated carbocycles. The van der Waals surface area contributed by atoms with E-state index in [4.69, 9.17) is 0 Å². The molecule has 1 aromatic heterocycles. The molecule has 5 heteroatoms. The fourth-order valence-corrected chi connectivity index (χ4v) is 1.74. The molecule has 0 aromatic carbocycles. The molecule has 0 radical (unpaired) electrons. The number of hydroxylamine groups is 2. The minimum atomic E-state index is 0.649. The molecular formula is C10H16N4O. The fourth-order valence-electron chi connectivity index (χ4n) is 1.74. The van der Waals surface area contributed by atoms with E-state index in [9.17, 15) is 5.21 Å². The Morgan fingerprint density at radius 1 is 1.07 bits per heavy atom. The first-order valence-corrected chi connectivity index (χ1v) is 5.16. The third kappa shape index (κ3) is 2.43. The zero-order chi connectivity index (χ0) is 10.8. The van der Waals surface area contributed by atoms with Gasteiger partial charge in [-0.25, -0.2) is 9.97 Å². The van der Waals surface area contributed by atoms with Gasteiger partial charge < -0.3 is 10.1 Å². The van der Waals surface area contributed by atoms with Crippen molar-refractivity contribution in [2.24, 2.45) is 0 Å². The normalized spacial score (nSPS) is 18.2. The molecular weight excluding hydrogens is 192 g/mol. The summed E-state index contributed by atoms with van der Waals surface area (Å²) in [5.74, 6) is 0.778. The number of aromatic nitrogens is 2. The fraction of sp³-hybridized carbons (Fsp3) is 0.600. The van der Waals surface area contributed by atoms with Crippen molar-refractivity contribution in [3.05, 3.63) is 17.5 Å². The molecule has 1 aromatic rings. The average molecular weight is 208 g/mol. The quantitative estimate of drug-likeness (QED) is 0.732. The second kappa shape index (κ2) is 4.12. The van der Waals surface area contributed by atoms with Crippen LogP contribution in [-0.2, 0) is 0 Å². The number of rotatable bonds is 1. The van der Waals surface area contributed by atoms with E-state index in [-0.39, 0.29) is 0 Å². The molecule has 0 amide bonds. The first kappa shape index (κ1) is 10.3. The summed E-state index contributed by atoms with van der Waals surface area (Å²) in [6, 6.07) is 1.96. The molecule has 0 spiro atoms. The van der Waals surface area contributed by atoms with Crippen molar-refractivity contribution < 1.29 is 5.21 Å². The number of anilines is 1. The van der Waals surface area contributed by atoms with Crippen LogP contribution in [0, 0.1) is 13.8 Å². The highest BCUT2D eigenvalue weighted by molar-refractivity contribution is 5.32. The summed E-state index contributed by atoms with van der Waals surface area (Å²) in [6.45, 7) is 6.80. The Labute approximate surface area is 89.3 Å². The third-order valence-corrected chi connectivity index (χ3v) is 2.51. The molecule has 0 atom stereocenters. The van der Waals surface area contributed by atoms with Crippen molar-refractivity contribution in [1.82, 2.24) is 15.0 Å². The zero-order valence-corrected chi connectivity index (χ0v) is 9.14. The number of aryl methyl sites for hydroxylation is 2. The van der Waals surface area contributed by atoms with Gasteiger partial charge in [0.1, 0.15) is 0 Å². The van der Waals surface area contributed by atoms with Crippen molar-refractivity contribution in [2.45, 2.75) is 13.8 Å². The molecule has 2 rings (SSSR count). The van der Waals surface area contributed by atoms with Gasteiger partial charge in [0, 0.05) is 37.6 Å². The highest BCUT2D eigenvalue weighted by Gasteiger charge is 2.17. The van der Waals surface area contributed by atoms with Gasteiger partial charge in [-0.15, -0.1) is 0 Å². The Morgan fingerprint density at radius 3 is 2.13 bits per heavy atom. The van der Waals surface area contributed by atoms with E-state index in [2.05, 4.69) is 14.9 Å². The Balaban J connectivity index is 2.15. The van der Waals surface area contributed by atoms with Gasteiger partial charge in [-0.05, 0) is 19.9 Å². The standard InChI is InChI=1S/C10H16N4O/c1-8-7-9(2)12-10(11-8)13-3-5-14(15)6-4-13/h7,15H,3-6H2,1-2H3. The lowest BCUT2D eigenvalue weighted by Crippen LogP contribution is -2.45. The lowest BCUT2D eigenvalue weighted by molar-refractivity contribution is -0.0937. The number of hydrogen-bond acceptors (Lipinski definition) is 5. The van der Waals surface area contributed by atoms with Crippen LogP contribution in [0.1, 0.15) is 11.4 Å². The highest BCUT2D eigenvalue weighted by Crippen LogP contribution is 2.11. The molecule has 1 aliphatic heterocycles. The molecule has 0 aliphatic carbocycles. The Kier molecular flexibility index (Phi) is 2.83. The molecule has 82 valence electrons. The van der Waals surface area contributed by atoms with Gasteiger partial charge in [-0.1, -0.05) is 0 Å². The van der Waals surface area contributed by atoms with E-state index in [1.807, 2.05) is 19.9 Å². The second-order valence-electron chi connectivity index (χ2n) is 3.89. The molecule has 1 fully saturated rings. The summed E-state index contributed by atoms with van der Waals surface area (Å²) in [5.41, 5.74) is 1.98. The van der Waals surface area contributed by atoms with Crippen molar-refractivity contribution in [3.8, 4) is 0 Å². The van der Waals surface area contributed by atoms with Gasteiger partial charge in [0.05, 0.1) is 0 Å². The van der Waals surface area contributed by atoms with Gasteiger partial charge in [-0.3, -0.25) is 0 Å². The zero-order valence-electron chi connectivity index (χ0n) is 9.14. The molecule has 1 aliphatic rings. The minimum absolute atomic E-state index is 0.649. The molecule has 0 bridgehead atoms. The van der Waals surface area contributed by atoms with Gasteiger partial charge in [0.15, 0.2) is 0 Å². The molecule has 5 nitrogen and oxygen atoms in total. The van der Waals surface area contributed by atoms with Crippen molar-refractivity contribution in [1.29, 1.82) is 0 Å². The minimum Gasteiger partial charge on any atom is -0.338 e. The highest BCUT2D eigenvalue weighted by atomic mass is 16.5.